The third kappa shape index (κ3) is 3.69. The van der Waals surface area contributed by atoms with Crippen LogP contribution in [0.5, 0.6) is 0 Å². The molecular formula is C22H26FN3O2S. The molecule has 2 aromatic rings. The first-order chi connectivity index (χ1) is 14.0. The van der Waals surface area contributed by atoms with Gasteiger partial charge in [0.1, 0.15) is 5.82 Å². The number of rotatable bonds is 6. The average Bonchev–Trinajstić information content (AvgIpc) is 3.14. The number of nitrogens with one attached hydrogen (secondary N) is 1. The molecule has 1 amide bonds. The third-order valence-corrected chi connectivity index (χ3v) is 8.04. The Labute approximate surface area is 174 Å². The molecule has 6 rings (SSSR count). The number of thioether (sulfide) groups is 1. The van der Waals surface area contributed by atoms with E-state index < -0.39 is 5.82 Å². The van der Waals surface area contributed by atoms with Crippen molar-refractivity contribution in [2.45, 2.75) is 56.7 Å². The summed E-state index contributed by atoms with van der Waals surface area (Å²) in [5.41, 5.74) is 0.559. The Balaban J connectivity index is 1.17. The quantitative estimate of drug-likeness (QED) is 0.694. The van der Waals surface area contributed by atoms with Crippen LogP contribution in [0.2, 0.25) is 0 Å². The van der Waals surface area contributed by atoms with Crippen LogP contribution in [-0.4, -0.2) is 27.9 Å². The minimum atomic E-state index is -0.408. The van der Waals surface area contributed by atoms with Crippen LogP contribution in [0.25, 0.3) is 11.5 Å². The van der Waals surface area contributed by atoms with Gasteiger partial charge in [-0.25, -0.2) is 4.39 Å². The number of benzene rings is 1. The molecule has 0 aliphatic heterocycles. The molecule has 4 fully saturated rings. The lowest BCUT2D eigenvalue weighted by Gasteiger charge is -2.59. The topological polar surface area (TPSA) is 68.0 Å². The fourth-order valence-corrected chi connectivity index (χ4v) is 6.86. The molecular weight excluding hydrogens is 389 g/mol. The Bertz CT molecular complexity index is 880. The molecule has 0 unspecified atom stereocenters. The molecule has 1 aromatic carbocycles. The number of hydrogen-bond acceptors (Lipinski definition) is 5. The highest BCUT2D eigenvalue weighted by molar-refractivity contribution is 7.99. The molecule has 1 N–H and O–H groups in total. The van der Waals surface area contributed by atoms with E-state index in [1.165, 1.54) is 56.4 Å². The van der Waals surface area contributed by atoms with Gasteiger partial charge in [0.25, 0.3) is 11.1 Å². The second kappa shape index (κ2) is 7.42. The van der Waals surface area contributed by atoms with Gasteiger partial charge in [-0.05, 0) is 80.8 Å². The minimum absolute atomic E-state index is 0.0103. The van der Waals surface area contributed by atoms with Crippen molar-refractivity contribution >= 4 is 17.7 Å². The van der Waals surface area contributed by atoms with E-state index in [1.54, 1.807) is 18.2 Å². The first kappa shape index (κ1) is 19.1. The van der Waals surface area contributed by atoms with Crippen molar-refractivity contribution in [3.63, 3.8) is 0 Å². The Hall–Kier alpha value is -1.89. The van der Waals surface area contributed by atoms with Crippen LogP contribution in [0.15, 0.2) is 33.9 Å². The van der Waals surface area contributed by atoms with Crippen molar-refractivity contribution in [1.29, 1.82) is 0 Å². The molecule has 7 heteroatoms. The Kier molecular flexibility index (Phi) is 4.88. The zero-order valence-corrected chi connectivity index (χ0v) is 17.4. The van der Waals surface area contributed by atoms with Crippen molar-refractivity contribution < 1.29 is 13.6 Å². The molecule has 0 spiro atoms. The molecule has 0 radical (unpaired) electrons. The van der Waals surface area contributed by atoms with E-state index in [1.807, 2.05) is 0 Å². The van der Waals surface area contributed by atoms with E-state index in [4.69, 9.17) is 4.42 Å². The van der Waals surface area contributed by atoms with Crippen LogP contribution < -0.4 is 5.32 Å². The van der Waals surface area contributed by atoms with Crippen molar-refractivity contribution in [3.8, 4) is 11.5 Å². The largest absolute Gasteiger partial charge is 0.411 e. The fraction of sp³-hybridized carbons (Fsp3) is 0.591. The number of halogens is 1. The number of aromatic nitrogens is 2. The van der Waals surface area contributed by atoms with Crippen LogP contribution >= 0.6 is 11.8 Å². The zero-order chi connectivity index (χ0) is 20.0. The molecule has 5 nitrogen and oxygen atoms in total. The number of hydrogen-bond donors (Lipinski definition) is 1. The average molecular weight is 416 g/mol. The summed E-state index contributed by atoms with van der Waals surface area (Å²) >= 11 is 1.19. The summed E-state index contributed by atoms with van der Waals surface area (Å²) in [4.78, 5) is 12.6. The number of carbonyl (C=O) groups excluding carboxylic acids is 1. The molecule has 4 aliphatic rings. The second-order valence-electron chi connectivity index (χ2n) is 9.21. The molecule has 29 heavy (non-hydrogen) atoms. The number of carbonyl (C=O) groups is 1. The number of nitrogens with zero attached hydrogens (tertiary/aromatic N) is 2. The Morgan fingerprint density at radius 2 is 1.86 bits per heavy atom. The lowest BCUT2D eigenvalue weighted by Crippen LogP contribution is -2.56. The normalized spacial score (nSPS) is 31.0. The summed E-state index contributed by atoms with van der Waals surface area (Å²) in [5, 5.41) is 11.4. The lowest BCUT2D eigenvalue weighted by molar-refractivity contribution is -0.123. The summed E-state index contributed by atoms with van der Waals surface area (Å²) in [6.07, 6.45) is 8.00. The highest BCUT2D eigenvalue weighted by Crippen LogP contribution is 2.61. The molecule has 1 aromatic heterocycles. The molecule has 4 bridgehead atoms. The Morgan fingerprint density at radius 1 is 1.21 bits per heavy atom. The van der Waals surface area contributed by atoms with Gasteiger partial charge in [-0.1, -0.05) is 23.9 Å². The van der Waals surface area contributed by atoms with Crippen molar-refractivity contribution in [1.82, 2.24) is 15.5 Å². The van der Waals surface area contributed by atoms with E-state index in [0.29, 0.717) is 0 Å². The minimum Gasteiger partial charge on any atom is -0.411 e. The monoisotopic (exact) mass is 415 g/mol. The zero-order valence-electron chi connectivity index (χ0n) is 16.6. The smallest absolute Gasteiger partial charge is 0.277 e. The lowest BCUT2D eigenvalue weighted by atomic mass is 9.48. The highest BCUT2D eigenvalue weighted by atomic mass is 32.2. The SMILES string of the molecule is C[C@H](NC(=O)CSc1nnc(-c2ccccc2F)o1)C12CC3CC(CC(C3)C1)C2. The van der Waals surface area contributed by atoms with Gasteiger partial charge in [0, 0.05) is 6.04 Å². The molecule has 4 aliphatic carbocycles. The maximum absolute atomic E-state index is 13.9. The van der Waals surface area contributed by atoms with Gasteiger partial charge < -0.3 is 9.73 Å². The maximum Gasteiger partial charge on any atom is 0.277 e. The fourth-order valence-electron chi connectivity index (χ4n) is 6.28. The van der Waals surface area contributed by atoms with Gasteiger partial charge >= 0.3 is 0 Å². The van der Waals surface area contributed by atoms with E-state index in [0.717, 1.165) is 17.8 Å². The van der Waals surface area contributed by atoms with Gasteiger partial charge in [-0.2, -0.15) is 0 Å². The van der Waals surface area contributed by atoms with Crippen LogP contribution in [0.4, 0.5) is 4.39 Å². The molecule has 0 saturated heterocycles. The van der Waals surface area contributed by atoms with Crippen molar-refractivity contribution in [2.24, 2.45) is 23.2 Å². The molecule has 1 atom stereocenters. The molecule has 1 heterocycles. The van der Waals surface area contributed by atoms with E-state index in [9.17, 15) is 9.18 Å². The Morgan fingerprint density at radius 3 is 2.52 bits per heavy atom. The van der Waals surface area contributed by atoms with Crippen LogP contribution in [0.3, 0.4) is 0 Å². The first-order valence-corrected chi connectivity index (χ1v) is 11.5. The van der Waals surface area contributed by atoms with Gasteiger partial charge in [-0.3, -0.25) is 4.79 Å². The predicted molar refractivity (Wildman–Crippen MR) is 109 cm³/mol. The van der Waals surface area contributed by atoms with Gasteiger partial charge in [0.2, 0.25) is 5.91 Å². The summed E-state index contributed by atoms with van der Waals surface area (Å²) in [5.74, 6) is 2.53. The highest BCUT2D eigenvalue weighted by Gasteiger charge is 2.53. The van der Waals surface area contributed by atoms with Gasteiger partial charge in [-0.15, -0.1) is 10.2 Å². The van der Waals surface area contributed by atoms with E-state index in [2.05, 4.69) is 22.4 Å². The molecule has 154 valence electrons. The summed E-state index contributed by atoms with van der Waals surface area (Å²) in [7, 11) is 0. The van der Waals surface area contributed by atoms with Gasteiger partial charge in [0.05, 0.1) is 11.3 Å². The maximum atomic E-state index is 13.9. The summed E-state index contributed by atoms with van der Waals surface area (Å²) < 4.78 is 19.4. The first-order valence-electron chi connectivity index (χ1n) is 10.5. The van der Waals surface area contributed by atoms with E-state index in [-0.39, 0.29) is 39.8 Å². The number of amides is 1. The summed E-state index contributed by atoms with van der Waals surface area (Å²) in [6.45, 7) is 2.18. The van der Waals surface area contributed by atoms with Crippen LogP contribution in [-0.2, 0) is 4.79 Å². The summed E-state index contributed by atoms with van der Waals surface area (Å²) in [6, 6.07) is 6.47. The second-order valence-corrected chi connectivity index (χ2v) is 10.1. The van der Waals surface area contributed by atoms with Crippen LogP contribution in [0, 0.1) is 29.0 Å². The van der Waals surface area contributed by atoms with Crippen molar-refractivity contribution in [3.05, 3.63) is 30.1 Å². The van der Waals surface area contributed by atoms with E-state index >= 15 is 0 Å². The standard InChI is InChI=1S/C22H26FN3O2S/c1-13(22-9-14-6-15(10-22)8-16(7-14)11-22)24-19(27)12-29-21-26-25-20(28-21)17-4-2-3-5-18(17)23/h2-5,13-16H,6-12H2,1H3,(H,24,27)/t13-,14?,15?,16?,22?/m0/s1. The predicted octanol–water partition coefficient (Wildman–Crippen LogP) is 4.69. The van der Waals surface area contributed by atoms with Crippen molar-refractivity contribution in [2.75, 3.05) is 5.75 Å². The third-order valence-electron chi connectivity index (χ3n) is 7.22. The van der Waals surface area contributed by atoms with Gasteiger partial charge in [0.15, 0.2) is 0 Å². The molecule has 4 saturated carbocycles. The van der Waals surface area contributed by atoms with Crippen LogP contribution in [0.1, 0.15) is 45.4 Å².